The SMILES string of the molecule is CC1CC=Cc2oc3c(ccc4c3c3c(ccc5c6ccccc6n(-c6ccc(C(=N)N=C(N)c7ccccc7)cc6)c53)n4-c3ccccc3)c21.Cc1ccccc1. The standard InChI is InChI=1S/C45H33N5O.C7H8/c1-27-11-10-18-38-39(27)34-24-26-37-41(43(34)51-38)40-36(49(37)30-14-6-3-7-15-30)25-23-33-32-16-8-9-17-35(32)50(42(33)40)31-21-19-29(20-22-31)45(47)48-44(46)28-12-4-2-5-13-28;1-7-5-3-2-4-6-7/h2-10,12-27H,11H2,1H3,(H3,46,47,48);2-6H,1H3. The molecule has 0 saturated heterocycles. The molecule has 0 amide bonds. The molecule has 58 heavy (non-hydrogen) atoms. The molecule has 10 aromatic rings. The van der Waals surface area contributed by atoms with Crippen LogP contribution in [-0.4, -0.2) is 20.8 Å². The number of benzene rings is 7. The van der Waals surface area contributed by atoms with E-state index in [1.54, 1.807) is 0 Å². The number of nitrogens with one attached hydrogen (secondary N) is 1. The molecular formula is C52H41N5O. The van der Waals surface area contributed by atoms with Crippen molar-refractivity contribution in [1.29, 1.82) is 5.41 Å². The normalized spacial score (nSPS) is 14.0. The number of allylic oxidation sites excluding steroid dienone is 1. The van der Waals surface area contributed by atoms with Crippen molar-refractivity contribution in [2.75, 3.05) is 0 Å². The van der Waals surface area contributed by atoms with Gasteiger partial charge in [-0.05, 0) is 86.0 Å². The van der Waals surface area contributed by atoms with Crippen LogP contribution in [0.25, 0.3) is 72.0 Å². The van der Waals surface area contributed by atoms with Gasteiger partial charge in [-0.2, -0.15) is 0 Å². The number of para-hydroxylation sites is 2. The lowest BCUT2D eigenvalue weighted by Gasteiger charge is -2.12. The molecule has 1 atom stereocenters. The number of rotatable bonds is 4. The van der Waals surface area contributed by atoms with E-state index in [2.05, 4.69) is 143 Å². The molecule has 280 valence electrons. The molecule has 0 bridgehead atoms. The molecule has 6 heteroatoms. The van der Waals surface area contributed by atoms with Gasteiger partial charge in [-0.25, -0.2) is 4.99 Å². The highest BCUT2D eigenvalue weighted by Crippen LogP contribution is 2.47. The Hall–Kier alpha value is -7.44. The van der Waals surface area contributed by atoms with E-state index in [0.29, 0.717) is 17.3 Å². The fraction of sp³-hybridized carbons (Fsp3) is 0.0769. The van der Waals surface area contributed by atoms with Gasteiger partial charge in [0.15, 0.2) is 5.84 Å². The van der Waals surface area contributed by atoms with E-state index in [0.717, 1.165) is 67.5 Å². The molecule has 0 saturated carbocycles. The second-order valence-corrected chi connectivity index (χ2v) is 15.0. The Morgan fingerprint density at radius 3 is 1.95 bits per heavy atom. The highest BCUT2D eigenvalue weighted by molar-refractivity contribution is 6.30. The van der Waals surface area contributed by atoms with Crippen LogP contribution >= 0.6 is 0 Å². The third-order valence-corrected chi connectivity index (χ3v) is 11.4. The van der Waals surface area contributed by atoms with Crippen LogP contribution < -0.4 is 5.73 Å². The molecule has 0 spiro atoms. The number of furan rings is 1. The monoisotopic (exact) mass is 751 g/mol. The molecule has 1 aliphatic carbocycles. The maximum Gasteiger partial charge on any atom is 0.154 e. The van der Waals surface area contributed by atoms with Crippen LogP contribution in [0.3, 0.4) is 0 Å². The fourth-order valence-electron chi connectivity index (χ4n) is 8.64. The van der Waals surface area contributed by atoms with Gasteiger partial charge in [0.1, 0.15) is 17.2 Å². The summed E-state index contributed by atoms with van der Waals surface area (Å²) in [6.07, 6.45) is 5.36. The van der Waals surface area contributed by atoms with E-state index in [1.807, 2.05) is 60.7 Å². The predicted molar refractivity (Wildman–Crippen MR) is 242 cm³/mol. The first-order valence-electron chi connectivity index (χ1n) is 19.7. The van der Waals surface area contributed by atoms with Crippen molar-refractivity contribution in [1.82, 2.24) is 9.13 Å². The molecule has 0 aliphatic heterocycles. The number of fused-ring (bicyclic) bond motifs is 11. The van der Waals surface area contributed by atoms with Crippen LogP contribution in [0.5, 0.6) is 0 Å². The number of aliphatic imine (C=N–C) groups is 1. The second-order valence-electron chi connectivity index (χ2n) is 15.0. The van der Waals surface area contributed by atoms with Crippen molar-refractivity contribution in [3.05, 3.63) is 198 Å². The Morgan fingerprint density at radius 2 is 1.24 bits per heavy atom. The number of nitrogens with zero attached hydrogens (tertiary/aromatic N) is 3. The predicted octanol–water partition coefficient (Wildman–Crippen LogP) is 12.9. The number of aromatic nitrogens is 2. The zero-order valence-corrected chi connectivity index (χ0v) is 32.4. The highest BCUT2D eigenvalue weighted by atomic mass is 16.3. The molecule has 3 N–H and O–H groups in total. The Balaban J connectivity index is 0.000000530. The molecular weight excluding hydrogens is 711 g/mol. The first kappa shape index (κ1) is 35.0. The van der Waals surface area contributed by atoms with E-state index >= 15 is 0 Å². The molecule has 0 radical (unpaired) electrons. The summed E-state index contributed by atoms with van der Waals surface area (Å²) in [5.41, 5.74) is 17.8. The van der Waals surface area contributed by atoms with Crippen molar-refractivity contribution in [3.63, 3.8) is 0 Å². The van der Waals surface area contributed by atoms with Crippen LogP contribution in [0, 0.1) is 12.3 Å². The van der Waals surface area contributed by atoms with Crippen molar-refractivity contribution in [2.24, 2.45) is 10.7 Å². The number of nitrogens with two attached hydrogens (primary N) is 1. The van der Waals surface area contributed by atoms with Gasteiger partial charge in [0.05, 0.1) is 27.5 Å². The number of amidine groups is 2. The van der Waals surface area contributed by atoms with E-state index in [4.69, 9.17) is 15.6 Å². The molecule has 3 heterocycles. The van der Waals surface area contributed by atoms with E-state index in [-0.39, 0.29) is 5.84 Å². The topological polar surface area (TPSA) is 85.2 Å². The van der Waals surface area contributed by atoms with Gasteiger partial charge in [-0.15, -0.1) is 0 Å². The Kier molecular flexibility index (Phi) is 8.60. The molecule has 1 unspecified atom stereocenters. The zero-order valence-electron chi connectivity index (χ0n) is 32.4. The molecule has 11 rings (SSSR count). The van der Waals surface area contributed by atoms with Gasteiger partial charge < -0.3 is 19.3 Å². The molecule has 6 nitrogen and oxygen atoms in total. The van der Waals surface area contributed by atoms with Crippen LogP contribution in [-0.2, 0) is 0 Å². The summed E-state index contributed by atoms with van der Waals surface area (Å²) in [6.45, 7) is 4.37. The average Bonchev–Trinajstić information content (AvgIpc) is 3.93. The molecule has 3 aromatic heterocycles. The largest absolute Gasteiger partial charge is 0.456 e. The summed E-state index contributed by atoms with van der Waals surface area (Å²) in [6, 6.07) is 56.1. The lowest BCUT2D eigenvalue weighted by Crippen LogP contribution is -2.15. The molecule has 1 aliphatic rings. The van der Waals surface area contributed by atoms with Crippen LogP contribution in [0.2, 0.25) is 0 Å². The zero-order chi connectivity index (χ0) is 39.3. The summed E-state index contributed by atoms with van der Waals surface area (Å²) >= 11 is 0. The van der Waals surface area contributed by atoms with Gasteiger partial charge in [0, 0.05) is 49.6 Å². The summed E-state index contributed by atoms with van der Waals surface area (Å²) < 4.78 is 11.6. The Labute approximate surface area is 336 Å². The van der Waals surface area contributed by atoms with Crippen LogP contribution in [0.15, 0.2) is 179 Å². The number of hydrogen-bond donors (Lipinski definition) is 2. The Bertz CT molecular complexity index is 3220. The minimum absolute atomic E-state index is 0.117. The van der Waals surface area contributed by atoms with E-state index in [9.17, 15) is 0 Å². The maximum atomic E-state index is 8.75. The number of aryl methyl sites for hydroxylation is 1. The van der Waals surface area contributed by atoms with Crippen molar-refractivity contribution in [2.45, 2.75) is 26.2 Å². The third kappa shape index (κ3) is 5.80. The van der Waals surface area contributed by atoms with Gasteiger partial charge >= 0.3 is 0 Å². The van der Waals surface area contributed by atoms with Gasteiger partial charge in [-0.3, -0.25) is 5.41 Å². The second kappa shape index (κ2) is 14.3. The smallest absolute Gasteiger partial charge is 0.154 e. The average molecular weight is 752 g/mol. The first-order chi connectivity index (χ1) is 28.5. The minimum Gasteiger partial charge on any atom is -0.456 e. The lowest BCUT2D eigenvalue weighted by molar-refractivity contribution is 0.589. The first-order valence-corrected chi connectivity index (χ1v) is 19.7. The van der Waals surface area contributed by atoms with E-state index in [1.165, 1.54) is 27.3 Å². The van der Waals surface area contributed by atoms with Crippen molar-refractivity contribution >= 4 is 72.3 Å². The van der Waals surface area contributed by atoms with Gasteiger partial charge in [0.25, 0.3) is 0 Å². The summed E-state index contributed by atoms with van der Waals surface area (Å²) in [4.78, 5) is 4.43. The lowest BCUT2D eigenvalue weighted by atomic mass is 9.90. The Morgan fingerprint density at radius 1 is 0.621 bits per heavy atom. The molecule has 7 aromatic carbocycles. The van der Waals surface area contributed by atoms with Gasteiger partial charge in [-0.1, -0.05) is 122 Å². The van der Waals surface area contributed by atoms with Crippen LogP contribution in [0.4, 0.5) is 0 Å². The summed E-state index contributed by atoms with van der Waals surface area (Å²) in [5, 5.41) is 14.5. The quantitative estimate of drug-likeness (QED) is 0.139. The number of hydrogen-bond acceptors (Lipinski definition) is 2. The summed E-state index contributed by atoms with van der Waals surface area (Å²) in [5.74, 6) is 1.77. The van der Waals surface area contributed by atoms with E-state index < -0.39 is 0 Å². The van der Waals surface area contributed by atoms with Crippen LogP contribution in [0.1, 0.15) is 47.3 Å². The van der Waals surface area contributed by atoms with Crippen molar-refractivity contribution < 1.29 is 4.42 Å². The maximum absolute atomic E-state index is 8.75. The van der Waals surface area contributed by atoms with Gasteiger partial charge in [0.2, 0.25) is 0 Å². The minimum atomic E-state index is 0.117. The third-order valence-electron chi connectivity index (χ3n) is 11.4. The highest BCUT2D eigenvalue weighted by Gasteiger charge is 2.27. The fourth-order valence-corrected chi connectivity index (χ4v) is 8.64. The summed E-state index contributed by atoms with van der Waals surface area (Å²) in [7, 11) is 0. The molecule has 0 fully saturated rings. The van der Waals surface area contributed by atoms with Crippen molar-refractivity contribution in [3.8, 4) is 11.4 Å².